The van der Waals surface area contributed by atoms with E-state index < -0.39 is 5.97 Å². The van der Waals surface area contributed by atoms with Gasteiger partial charge in [-0.1, -0.05) is 25.1 Å². The average Bonchev–Trinajstić information content (AvgIpc) is 3.09. The third-order valence-electron chi connectivity index (χ3n) is 2.94. The number of aromatic amines is 1. The molecule has 0 spiro atoms. The molecule has 2 aromatic rings. The summed E-state index contributed by atoms with van der Waals surface area (Å²) in [6.45, 7) is 2.68. The molecular weight excluding hydrogens is 294 g/mol. The Labute approximate surface area is 125 Å². The molecule has 7 nitrogen and oxygen atoms in total. The van der Waals surface area contributed by atoms with E-state index in [1.165, 1.54) is 25.1 Å². The quantitative estimate of drug-likeness (QED) is 0.621. The molecule has 0 fully saturated rings. The summed E-state index contributed by atoms with van der Waals surface area (Å²) in [4.78, 5) is 23.2. The first-order valence-corrected chi connectivity index (χ1v) is 7.58. The van der Waals surface area contributed by atoms with Gasteiger partial charge in [0.1, 0.15) is 11.3 Å². The van der Waals surface area contributed by atoms with Crippen molar-refractivity contribution in [3.05, 3.63) is 34.1 Å². The van der Waals surface area contributed by atoms with Gasteiger partial charge in [-0.3, -0.25) is 4.57 Å². The zero-order chi connectivity index (χ0) is 15.2. The Bertz CT molecular complexity index is 658. The van der Waals surface area contributed by atoms with Crippen LogP contribution in [0.5, 0.6) is 0 Å². The van der Waals surface area contributed by atoms with E-state index in [1.54, 1.807) is 10.6 Å². The Hall–Kier alpha value is -1.96. The minimum Gasteiger partial charge on any atom is -0.468 e. The minimum atomic E-state index is -0.440. The van der Waals surface area contributed by atoms with Gasteiger partial charge in [-0.25, -0.2) is 14.7 Å². The summed E-state index contributed by atoms with van der Waals surface area (Å²) in [5, 5.41) is 7.02. The lowest BCUT2D eigenvalue weighted by molar-refractivity contribution is 0.0598. The molecule has 2 heterocycles. The van der Waals surface area contributed by atoms with Gasteiger partial charge < -0.3 is 9.15 Å². The van der Waals surface area contributed by atoms with E-state index in [0.29, 0.717) is 28.8 Å². The number of ether oxygens (including phenoxy) is 1. The summed E-state index contributed by atoms with van der Waals surface area (Å²) in [7, 11) is 1.32. The van der Waals surface area contributed by atoms with Crippen LogP contribution in [0, 0.1) is 0 Å². The second-order valence-electron chi connectivity index (χ2n) is 4.35. The second kappa shape index (κ2) is 7.16. The topological polar surface area (TPSA) is 90.1 Å². The summed E-state index contributed by atoms with van der Waals surface area (Å²) in [6, 6.07) is 1.57. The molecule has 0 unspecified atom stereocenters. The molecule has 0 atom stereocenters. The predicted molar refractivity (Wildman–Crippen MR) is 77.4 cm³/mol. The summed E-state index contributed by atoms with van der Waals surface area (Å²) in [5.41, 5.74) is 0.168. The Morgan fingerprint density at radius 2 is 2.38 bits per heavy atom. The molecule has 0 aliphatic rings. The first-order chi connectivity index (χ1) is 10.2. The zero-order valence-electron chi connectivity index (χ0n) is 11.9. The van der Waals surface area contributed by atoms with Crippen molar-refractivity contribution >= 4 is 17.7 Å². The molecule has 0 aliphatic heterocycles. The number of unbranched alkanes of at least 4 members (excludes halogenated alkanes) is 1. The Balaban J connectivity index is 2.09. The smallest absolute Gasteiger partial charge is 0.343 e. The van der Waals surface area contributed by atoms with Crippen molar-refractivity contribution in [1.29, 1.82) is 0 Å². The fourth-order valence-electron chi connectivity index (χ4n) is 1.80. The number of hydrogen-bond acceptors (Lipinski definition) is 6. The second-order valence-corrected chi connectivity index (χ2v) is 5.30. The fourth-order valence-corrected chi connectivity index (χ4v) is 2.73. The Morgan fingerprint density at radius 3 is 3.10 bits per heavy atom. The SMILES string of the molecule is CCCCn1c(SCc2occc2C(=O)OC)n[nH]c1=O. The standard InChI is InChI=1S/C13H17N3O4S/c1-3-4-6-16-12(18)14-15-13(16)21-8-10-9(5-7-20-10)11(17)19-2/h5,7H,3-4,6,8H2,1-2H3,(H,14,18). The number of carbonyl (C=O) groups is 1. The summed E-state index contributed by atoms with van der Waals surface area (Å²) < 4.78 is 11.6. The van der Waals surface area contributed by atoms with Crippen LogP contribution in [-0.2, 0) is 17.0 Å². The van der Waals surface area contributed by atoms with Crippen LogP contribution in [0.3, 0.4) is 0 Å². The van der Waals surface area contributed by atoms with Gasteiger partial charge in [-0.05, 0) is 12.5 Å². The minimum absolute atomic E-state index is 0.224. The van der Waals surface area contributed by atoms with E-state index in [4.69, 9.17) is 4.42 Å². The Morgan fingerprint density at radius 1 is 1.57 bits per heavy atom. The highest BCUT2D eigenvalue weighted by Gasteiger charge is 2.17. The van der Waals surface area contributed by atoms with Gasteiger partial charge in [0.25, 0.3) is 0 Å². The number of rotatable bonds is 7. The number of aromatic nitrogens is 3. The highest BCUT2D eigenvalue weighted by Crippen LogP contribution is 2.23. The molecule has 0 saturated carbocycles. The van der Waals surface area contributed by atoms with Gasteiger partial charge in [-0.2, -0.15) is 0 Å². The fraction of sp³-hybridized carbons (Fsp3) is 0.462. The number of thioether (sulfide) groups is 1. The highest BCUT2D eigenvalue weighted by molar-refractivity contribution is 7.98. The lowest BCUT2D eigenvalue weighted by Gasteiger charge is -2.04. The van der Waals surface area contributed by atoms with Crippen molar-refractivity contribution in [2.24, 2.45) is 0 Å². The highest BCUT2D eigenvalue weighted by atomic mass is 32.2. The van der Waals surface area contributed by atoms with E-state index in [2.05, 4.69) is 21.9 Å². The molecule has 2 rings (SSSR count). The monoisotopic (exact) mass is 311 g/mol. The summed E-state index contributed by atoms with van der Waals surface area (Å²) in [5.74, 6) is 0.461. The maximum Gasteiger partial charge on any atom is 0.343 e. The number of methoxy groups -OCH3 is 1. The van der Waals surface area contributed by atoms with E-state index in [-0.39, 0.29) is 5.69 Å². The molecular formula is C13H17N3O4S. The number of esters is 1. The molecule has 2 aromatic heterocycles. The number of hydrogen-bond donors (Lipinski definition) is 1. The maximum absolute atomic E-state index is 11.7. The first-order valence-electron chi connectivity index (χ1n) is 6.60. The Kier molecular flexibility index (Phi) is 5.26. The van der Waals surface area contributed by atoms with Crippen LogP contribution in [0.15, 0.2) is 26.7 Å². The van der Waals surface area contributed by atoms with Crippen LogP contribution in [-0.4, -0.2) is 27.8 Å². The number of furan rings is 1. The van der Waals surface area contributed by atoms with Crippen LogP contribution >= 0.6 is 11.8 Å². The van der Waals surface area contributed by atoms with Crippen molar-refractivity contribution in [3.63, 3.8) is 0 Å². The van der Waals surface area contributed by atoms with Crippen LogP contribution in [0.25, 0.3) is 0 Å². The third-order valence-corrected chi connectivity index (χ3v) is 3.92. The molecule has 0 aromatic carbocycles. The van der Waals surface area contributed by atoms with Crippen molar-refractivity contribution < 1.29 is 13.9 Å². The molecule has 0 radical (unpaired) electrons. The van der Waals surface area contributed by atoms with Gasteiger partial charge >= 0.3 is 11.7 Å². The molecule has 0 saturated heterocycles. The molecule has 21 heavy (non-hydrogen) atoms. The average molecular weight is 311 g/mol. The molecule has 0 bridgehead atoms. The van der Waals surface area contributed by atoms with Crippen LogP contribution in [0.2, 0.25) is 0 Å². The van der Waals surface area contributed by atoms with Crippen molar-refractivity contribution in [3.8, 4) is 0 Å². The number of nitrogens with one attached hydrogen (secondary N) is 1. The van der Waals surface area contributed by atoms with Crippen LogP contribution in [0.1, 0.15) is 35.9 Å². The first kappa shape index (κ1) is 15.4. The van der Waals surface area contributed by atoms with Crippen LogP contribution in [0.4, 0.5) is 0 Å². The molecule has 114 valence electrons. The predicted octanol–water partition coefficient (Wildman–Crippen LogP) is 2.04. The lowest BCUT2D eigenvalue weighted by Crippen LogP contribution is -2.17. The van der Waals surface area contributed by atoms with Gasteiger partial charge in [-0.15, -0.1) is 5.10 Å². The van der Waals surface area contributed by atoms with E-state index >= 15 is 0 Å². The van der Waals surface area contributed by atoms with Gasteiger partial charge in [0.2, 0.25) is 0 Å². The van der Waals surface area contributed by atoms with Crippen molar-refractivity contribution in [2.75, 3.05) is 7.11 Å². The lowest BCUT2D eigenvalue weighted by atomic mass is 10.3. The zero-order valence-corrected chi connectivity index (χ0v) is 12.7. The van der Waals surface area contributed by atoms with E-state index in [1.807, 2.05) is 0 Å². The van der Waals surface area contributed by atoms with Gasteiger partial charge in [0.05, 0.1) is 19.1 Å². The summed E-state index contributed by atoms with van der Waals surface area (Å²) in [6.07, 6.45) is 3.34. The number of carbonyl (C=O) groups excluding carboxylic acids is 1. The molecule has 1 N–H and O–H groups in total. The summed E-state index contributed by atoms with van der Waals surface area (Å²) >= 11 is 1.34. The van der Waals surface area contributed by atoms with Crippen LogP contribution < -0.4 is 5.69 Å². The maximum atomic E-state index is 11.7. The van der Waals surface area contributed by atoms with E-state index in [0.717, 1.165) is 12.8 Å². The number of nitrogens with zero attached hydrogens (tertiary/aromatic N) is 2. The van der Waals surface area contributed by atoms with Crippen molar-refractivity contribution in [1.82, 2.24) is 14.8 Å². The van der Waals surface area contributed by atoms with Crippen molar-refractivity contribution in [2.45, 2.75) is 37.2 Å². The molecule has 0 amide bonds. The molecule has 8 heteroatoms. The number of H-pyrrole nitrogens is 1. The van der Waals surface area contributed by atoms with E-state index in [9.17, 15) is 9.59 Å². The normalized spacial score (nSPS) is 10.8. The largest absolute Gasteiger partial charge is 0.468 e. The van der Waals surface area contributed by atoms with Gasteiger partial charge in [0.15, 0.2) is 5.16 Å². The third kappa shape index (κ3) is 3.57. The molecule has 0 aliphatic carbocycles. The van der Waals surface area contributed by atoms with Gasteiger partial charge in [0, 0.05) is 6.54 Å².